The van der Waals surface area contributed by atoms with Gasteiger partial charge in [0.2, 0.25) is 0 Å². The van der Waals surface area contributed by atoms with Crippen LogP contribution in [0.1, 0.15) is 31.4 Å². The van der Waals surface area contributed by atoms with Crippen molar-refractivity contribution in [3.63, 3.8) is 0 Å². The summed E-state index contributed by atoms with van der Waals surface area (Å²) in [7, 11) is 0. The summed E-state index contributed by atoms with van der Waals surface area (Å²) in [5, 5.41) is 8.77. The van der Waals surface area contributed by atoms with E-state index in [0.717, 1.165) is 0 Å². The Balaban J connectivity index is 2.42. The molecule has 0 radical (unpaired) electrons. The zero-order chi connectivity index (χ0) is 12.4. The lowest BCUT2D eigenvalue weighted by atomic mass is 10.0. The van der Waals surface area contributed by atoms with Crippen LogP contribution in [-0.4, -0.2) is 22.3 Å². The molecule has 0 aromatic carbocycles. The van der Waals surface area contributed by atoms with Crippen LogP contribution < -0.4 is 11.2 Å². The van der Waals surface area contributed by atoms with Crippen LogP contribution in [0.2, 0.25) is 0 Å². The van der Waals surface area contributed by atoms with Crippen molar-refractivity contribution >= 4 is 0 Å². The number of aromatic amines is 1. The maximum atomic E-state index is 11.7. The van der Waals surface area contributed by atoms with Gasteiger partial charge in [0.15, 0.2) is 0 Å². The molecular weight excluding hydrogens is 222 g/mol. The monoisotopic (exact) mass is 235 g/mol. The fourth-order valence-corrected chi connectivity index (χ4v) is 2.06. The average molecular weight is 235 g/mol. The number of nitrogens with one attached hydrogen (secondary N) is 1. The first kappa shape index (κ1) is 11.6. The first-order chi connectivity index (χ1) is 8.11. The SMILES string of the molecule is CC1CC(n2cc(C#N)c(=O)[nH]c2=O)CCO1. The number of aromatic nitrogens is 2. The van der Waals surface area contributed by atoms with E-state index in [1.807, 2.05) is 6.92 Å². The van der Waals surface area contributed by atoms with Crippen molar-refractivity contribution in [2.24, 2.45) is 0 Å². The zero-order valence-corrected chi connectivity index (χ0v) is 9.47. The van der Waals surface area contributed by atoms with Crippen molar-refractivity contribution in [1.29, 1.82) is 5.26 Å². The van der Waals surface area contributed by atoms with Gasteiger partial charge in [-0.15, -0.1) is 0 Å². The first-order valence-electron chi connectivity index (χ1n) is 5.49. The molecule has 0 aliphatic carbocycles. The maximum Gasteiger partial charge on any atom is 0.328 e. The van der Waals surface area contributed by atoms with Crippen LogP contribution in [0.15, 0.2) is 15.8 Å². The molecule has 0 bridgehead atoms. The molecule has 1 aliphatic heterocycles. The Hall–Kier alpha value is -1.87. The second-order valence-electron chi connectivity index (χ2n) is 4.18. The lowest BCUT2D eigenvalue weighted by molar-refractivity contribution is 0.00498. The molecule has 1 fully saturated rings. The molecule has 0 amide bonds. The summed E-state index contributed by atoms with van der Waals surface area (Å²) in [6.45, 7) is 2.52. The summed E-state index contributed by atoms with van der Waals surface area (Å²) in [6, 6.07) is 1.76. The van der Waals surface area contributed by atoms with Gasteiger partial charge in [-0.3, -0.25) is 14.3 Å². The highest BCUT2D eigenvalue weighted by atomic mass is 16.5. The van der Waals surface area contributed by atoms with Gasteiger partial charge in [0.25, 0.3) is 5.56 Å². The van der Waals surface area contributed by atoms with Gasteiger partial charge in [-0.1, -0.05) is 0 Å². The average Bonchev–Trinajstić information content (AvgIpc) is 2.29. The van der Waals surface area contributed by atoms with Crippen molar-refractivity contribution in [3.05, 3.63) is 32.6 Å². The van der Waals surface area contributed by atoms with Gasteiger partial charge < -0.3 is 4.74 Å². The second kappa shape index (κ2) is 4.55. The third kappa shape index (κ3) is 2.29. The molecule has 1 aromatic rings. The Morgan fingerprint density at radius 1 is 1.59 bits per heavy atom. The lowest BCUT2D eigenvalue weighted by Crippen LogP contribution is -2.36. The van der Waals surface area contributed by atoms with Crippen LogP contribution in [0.25, 0.3) is 0 Å². The van der Waals surface area contributed by atoms with E-state index in [1.165, 1.54) is 10.8 Å². The zero-order valence-electron chi connectivity index (χ0n) is 9.47. The molecule has 1 N–H and O–H groups in total. The van der Waals surface area contributed by atoms with Gasteiger partial charge in [0, 0.05) is 18.8 Å². The summed E-state index contributed by atoms with van der Waals surface area (Å²) >= 11 is 0. The van der Waals surface area contributed by atoms with Gasteiger partial charge in [0.1, 0.15) is 11.6 Å². The van der Waals surface area contributed by atoms with E-state index >= 15 is 0 Å². The van der Waals surface area contributed by atoms with Gasteiger partial charge in [0.05, 0.1) is 6.10 Å². The molecule has 17 heavy (non-hydrogen) atoms. The van der Waals surface area contributed by atoms with E-state index in [9.17, 15) is 9.59 Å². The molecular formula is C11H13N3O3. The Labute approximate surface area is 97.5 Å². The van der Waals surface area contributed by atoms with Crippen LogP contribution in [0.4, 0.5) is 0 Å². The third-order valence-electron chi connectivity index (χ3n) is 2.94. The second-order valence-corrected chi connectivity index (χ2v) is 4.18. The number of hydrogen-bond donors (Lipinski definition) is 1. The third-order valence-corrected chi connectivity index (χ3v) is 2.94. The molecule has 6 heteroatoms. The molecule has 1 aliphatic rings. The molecule has 0 spiro atoms. The fourth-order valence-electron chi connectivity index (χ4n) is 2.06. The summed E-state index contributed by atoms with van der Waals surface area (Å²) in [5.41, 5.74) is -1.13. The van der Waals surface area contributed by atoms with Gasteiger partial charge >= 0.3 is 5.69 Å². The van der Waals surface area contributed by atoms with Gasteiger partial charge in [-0.2, -0.15) is 5.26 Å². The molecule has 2 heterocycles. The molecule has 1 aromatic heterocycles. The van der Waals surface area contributed by atoms with Crippen molar-refractivity contribution < 1.29 is 4.74 Å². The normalized spacial score (nSPS) is 24.2. The molecule has 0 saturated carbocycles. The minimum atomic E-state index is -0.631. The summed E-state index contributed by atoms with van der Waals surface area (Å²) in [4.78, 5) is 25.1. The van der Waals surface area contributed by atoms with E-state index in [-0.39, 0.29) is 17.7 Å². The number of hydrogen-bond acceptors (Lipinski definition) is 4. The highest BCUT2D eigenvalue weighted by Crippen LogP contribution is 2.23. The summed E-state index contributed by atoms with van der Waals surface area (Å²) in [6.07, 6.45) is 2.83. The Kier molecular flexibility index (Phi) is 3.11. The molecule has 2 unspecified atom stereocenters. The maximum absolute atomic E-state index is 11.7. The van der Waals surface area contributed by atoms with Gasteiger partial charge in [-0.05, 0) is 19.8 Å². The molecule has 6 nitrogen and oxygen atoms in total. The van der Waals surface area contributed by atoms with Crippen LogP contribution >= 0.6 is 0 Å². The van der Waals surface area contributed by atoms with Crippen LogP contribution in [0.3, 0.4) is 0 Å². The number of nitriles is 1. The van der Waals surface area contributed by atoms with E-state index in [0.29, 0.717) is 19.4 Å². The topological polar surface area (TPSA) is 87.9 Å². The van der Waals surface area contributed by atoms with E-state index in [4.69, 9.17) is 10.00 Å². The van der Waals surface area contributed by atoms with E-state index < -0.39 is 11.2 Å². The summed E-state index contributed by atoms with van der Waals surface area (Å²) < 4.78 is 6.83. The van der Waals surface area contributed by atoms with Crippen molar-refractivity contribution in [3.8, 4) is 6.07 Å². The Morgan fingerprint density at radius 3 is 3.00 bits per heavy atom. The molecule has 2 rings (SSSR count). The van der Waals surface area contributed by atoms with Crippen LogP contribution in [-0.2, 0) is 4.74 Å². The van der Waals surface area contributed by atoms with E-state index in [1.54, 1.807) is 6.07 Å². The van der Waals surface area contributed by atoms with Crippen molar-refractivity contribution in [1.82, 2.24) is 9.55 Å². The van der Waals surface area contributed by atoms with Crippen molar-refractivity contribution in [2.45, 2.75) is 31.9 Å². The Bertz CT molecular complexity index is 567. The Morgan fingerprint density at radius 2 is 2.35 bits per heavy atom. The predicted molar refractivity (Wildman–Crippen MR) is 59.7 cm³/mol. The van der Waals surface area contributed by atoms with Gasteiger partial charge in [-0.25, -0.2) is 4.79 Å². The standard InChI is InChI=1S/C11H13N3O3/c1-7-4-9(2-3-17-7)14-6-8(5-12)10(15)13-11(14)16/h6-7,9H,2-4H2,1H3,(H,13,15,16). The number of H-pyrrole nitrogens is 1. The molecule has 2 atom stereocenters. The first-order valence-corrected chi connectivity index (χ1v) is 5.49. The quantitative estimate of drug-likeness (QED) is 0.750. The predicted octanol–water partition coefficient (Wildman–Crippen LogP) is 0.148. The van der Waals surface area contributed by atoms with Crippen LogP contribution in [0.5, 0.6) is 0 Å². The largest absolute Gasteiger partial charge is 0.378 e. The molecule has 90 valence electrons. The fraction of sp³-hybridized carbons (Fsp3) is 0.545. The highest BCUT2D eigenvalue weighted by Gasteiger charge is 2.22. The lowest BCUT2D eigenvalue weighted by Gasteiger charge is -2.28. The number of ether oxygens (including phenoxy) is 1. The number of nitrogens with zero attached hydrogens (tertiary/aromatic N) is 2. The van der Waals surface area contributed by atoms with Crippen molar-refractivity contribution in [2.75, 3.05) is 6.61 Å². The minimum absolute atomic E-state index is 0.0183. The van der Waals surface area contributed by atoms with Crippen LogP contribution in [0, 0.1) is 11.3 Å². The smallest absolute Gasteiger partial charge is 0.328 e. The van der Waals surface area contributed by atoms with E-state index in [2.05, 4.69) is 4.98 Å². The summed E-state index contributed by atoms with van der Waals surface area (Å²) in [5.74, 6) is 0. The highest BCUT2D eigenvalue weighted by molar-refractivity contribution is 5.21. The minimum Gasteiger partial charge on any atom is -0.378 e. The molecule has 1 saturated heterocycles. The number of rotatable bonds is 1.